The van der Waals surface area contributed by atoms with Crippen LogP contribution in [0.15, 0.2) is 24.3 Å². The molecule has 1 heterocycles. The number of nitrogens with zero attached hydrogens (tertiary/aromatic N) is 2. The lowest BCUT2D eigenvalue weighted by Gasteiger charge is -2.23. The van der Waals surface area contributed by atoms with Crippen LogP contribution in [0.1, 0.15) is 32.1 Å². The highest BCUT2D eigenvalue weighted by atomic mass is 16.3. The number of fused-ring (bicyclic) bond motifs is 1. The first-order valence-electron chi connectivity index (χ1n) is 6.51. The predicted molar refractivity (Wildman–Crippen MR) is 73.5 cm³/mol. The number of hydrogen-bond acceptors (Lipinski definition) is 3. The van der Waals surface area contributed by atoms with Gasteiger partial charge in [0.05, 0.1) is 23.7 Å². The van der Waals surface area contributed by atoms with Crippen LogP contribution in [0.2, 0.25) is 0 Å². The van der Waals surface area contributed by atoms with E-state index in [4.69, 9.17) is 5.73 Å². The molecule has 0 aliphatic heterocycles. The zero-order valence-corrected chi connectivity index (χ0v) is 11.0. The van der Waals surface area contributed by atoms with Gasteiger partial charge in [0, 0.05) is 12.5 Å². The molecule has 0 amide bonds. The standard InChI is InChI=1S/C14H21N3O/c1-3-6-14-16-11-7-4-5-8-12(11)17(14)13(9-18)10(2)15/h4-5,7-8,10,13,18H,3,6,9,15H2,1-2H3. The van der Waals surface area contributed by atoms with Crippen LogP contribution in [-0.4, -0.2) is 27.3 Å². The molecular weight excluding hydrogens is 226 g/mol. The molecule has 2 rings (SSSR count). The highest BCUT2D eigenvalue weighted by molar-refractivity contribution is 5.76. The second kappa shape index (κ2) is 5.50. The molecule has 4 nitrogen and oxygen atoms in total. The first kappa shape index (κ1) is 13.1. The van der Waals surface area contributed by atoms with Crippen molar-refractivity contribution < 1.29 is 5.11 Å². The van der Waals surface area contributed by atoms with E-state index in [9.17, 15) is 5.11 Å². The molecule has 0 saturated carbocycles. The number of nitrogens with two attached hydrogens (primary N) is 1. The largest absolute Gasteiger partial charge is 0.394 e. The summed E-state index contributed by atoms with van der Waals surface area (Å²) in [5.41, 5.74) is 8.01. The Labute approximate surface area is 107 Å². The van der Waals surface area contributed by atoms with Crippen LogP contribution >= 0.6 is 0 Å². The highest BCUT2D eigenvalue weighted by Crippen LogP contribution is 2.23. The summed E-state index contributed by atoms with van der Waals surface area (Å²) in [4.78, 5) is 4.65. The Hall–Kier alpha value is -1.39. The summed E-state index contributed by atoms with van der Waals surface area (Å²) in [6, 6.07) is 7.79. The molecule has 0 aliphatic carbocycles. The Morgan fingerprint density at radius 1 is 1.39 bits per heavy atom. The van der Waals surface area contributed by atoms with Gasteiger partial charge in [-0.3, -0.25) is 0 Å². The third kappa shape index (κ3) is 2.26. The predicted octanol–water partition coefficient (Wildman–Crippen LogP) is 1.87. The number of rotatable bonds is 5. The summed E-state index contributed by atoms with van der Waals surface area (Å²) in [6.45, 7) is 4.09. The zero-order valence-electron chi connectivity index (χ0n) is 11.0. The number of aliphatic hydroxyl groups is 1. The topological polar surface area (TPSA) is 64.1 Å². The second-order valence-corrected chi connectivity index (χ2v) is 4.75. The van der Waals surface area contributed by atoms with Crippen molar-refractivity contribution in [1.29, 1.82) is 0 Å². The van der Waals surface area contributed by atoms with Crippen LogP contribution in [0.25, 0.3) is 11.0 Å². The van der Waals surface area contributed by atoms with Crippen molar-refractivity contribution in [1.82, 2.24) is 9.55 Å². The summed E-state index contributed by atoms with van der Waals surface area (Å²) >= 11 is 0. The third-order valence-corrected chi connectivity index (χ3v) is 3.27. The molecule has 4 heteroatoms. The van der Waals surface area contributed by atoms with Crippen LogP contribution in [0.3, 0.4) is 0 Å². The maximum absolute atomic E-state index is 9.59. The first-order chi connectivity index (χ1) is 8.69. The summed E-state index contributed by atoms with van der Waals surface area (Å²) in [7, 11) is 0. The van der Waals surface area contributed by atoms with E-state index in [-0.39, 0.29) is 18.7 Å². The summed E-state index contributed by atoms with van der Waals surface area (Å²) in [5, 5.41) is 9.59. The molecule has 98 valence electrons. The van der Waals surface area contributed by atoms with E-state index in [0.29, 0.717) is 0 Å². The smallest absolute Gasteiger partial charge is 0.110 e. The van der Waals surface area contributed by atoms with Crippen molar-refractivity contribution in [3.63, 3.8) is 0 Å². The first-order valence-corrected chi connectivity index (χ1v) is 6.51. The van der Waals surface area contributed by atoms with Crippen LogP contribution < -0.4 is 5.73 Å². The SMILES string of the molecule is CCCc1nc2ccccc2n1C(CO)C(C)N. The number of imidazole rings is 1. The van der Waals surface area contributed by atoms with Gasteiger partial charge in [-0.2, -0.15) is 0 Å². The minimum atomic E-state index is -0.112. The van der Waals surface area contributed by atoms with Crippen LogP contribution in [0.4, 0.5) is 0 Å². The van der Waals surface area contributed by atoms with Gasteiger partial charge in [0.15, 0.2) is 0 Å². The van der Waals surface area contributed by atoms with E-state index >= 15 is 0 Å². The molecule has 3 N–H and O–H groups in total. The van der Waals surface area contributed by atoms with Crippen LogP contribution in [-0.2, 0) is 6.42 Å². The monoisotopic (exact) mass is 247 g/mol. The van der Waals surface area contributed by atoms with E-state index in [1.54, 1.807) is 0 Å². The molecule has 1 aromatic heterocycles. The van der Waals surface area contributed by atoms with Gasteiger partial charge in [0.1, 0.15) is 5.82 Å². The summed E-state index contributed by atoms with van der Waals surface area (Å²) in [5.74, 6) is 1.01. The molecule has 0 aliphatic rings. The molecule has 18 heavy (non-hydrogen) atoms. The number of para-hydroxylation sites is 2. The Morgan fingerprint density at radius 2 is 2.11 bits per heavy atom. The van der Waals surface area contributed by atoms with Crippen LogP contribution in [0, 0.1) is 0 Å². The van der Waals surface area contributed by atoms with Gasteiger partial charge in [-0.05, 0) is 25.5 Å². The molecule has 0 radical (unpaired) electrons. The van der Waals surface area contributed by atoms with E-state index in [1.807, 2.05) is 31.2 Å². The van der Waals surface area contributed by atoms with Gasteiger partial charge in [0.25, 0.3) is 0 Å². The number of hydrogen-bond donors (Lipinski definition) is 2. The highest BCUT2D eigenvalue weighted by Gasteiger charge is 2.20. The molecule has 1 aromatic carbocycles. The third-order valence-electron chi connectivity index (χ3n) is 3.27. The van der Waals surface area contributed by atoms with Gasteiger partial charge in [0.2, 0.25) is 0 Å². The van der Waals surface area contributed by atoms with Crippen molar-refractivity contribution in [3.8, 4) is 0 Å². The summed E-state index contributed by atoms with van der Waals surface area (Å²) in [6.07, 6.45) is 1.93. The molecule has 0 bridgehead atoms. The molecular formula is C14H21N3O. The van der Waals surface area contributed by atoms with Crippen molar-refractivity contribution in [3.05, 3.63) is 30.1 Å². The number of aromatic nitrogens is 2. The van der Waals surface area contributed by atoms with Gasteiger partial charge in [-0.25, -0.2) is 4.98 Å². The molecule has 2 unspecified atom stereocenters. The fourth-order valence-electron chi connectivity index (χ4n) is 2.35. The van der Waals surface area contributed by atoms with Crippen molar-refractivity contribution in [2.45, 2.75) is 38.8 Å². The number of aliphatic hydroxyl groups excluding tert-OH is 1. The Morgan fingerprint density at radius 3 is 2.72 bits per heavy atom. The Balaban J connectivity index is 2.60. The van der Waals surface area contributed by atoms with Crippen molar-refractivity contribution >= 4 is 11.0 Å². The summed E-state index contributed by atoms with van der Waals surface area (Å²) < 4.78 is 2.10. The fourth-order valence-corrected chi connectivity index (χ4v) is 2.35. The Bertz CT molecular complexity index is 519. The van der Waals surface area contributed by atoms with E-state index in [1.165, 1.54) is 0 Å². The lowest BCUT2D eigenvalue weighted by molar-refractivity contribution is 0.211. The maximum atomic E-state index is 9.59. The zero-order chi connectivity index (χ0) is 13.1. The molecule has 2 aromatic rings. The van der Waals surface area contributed by atoms with Crippen LogP contribution in [0.5, 0.6) is 0 Å². The number of benzene rings is 1. The minimum Gasteiger partial charge on any atom is -0.394 e. The van der Waals surface area contributed by atoms with Gasteiger partial charge < -0.3 is 15.4 Å². The average Bonchev–Trinajstić information content (AvgIpc) is 2.69. The molecule has 0 spiro atoms. The lowest BCUT2D eigenvalue weighted by atomic mass is 10.1. The van der Waals surface area contributed by atoms with Crippen molar-refractivity contribution in [2.24, 2.45) is 5.73 Å². The molecule has 0 saturated heterocycles. The van der Waals surface area contributed by atoms with E-state index in [0.717, 1.165) is 29.7 Å². The van der Waals surface area contributed by atoms with Crippen molar-refractivity contribution in [2.75, 3.05) is 6.61 Å². The van der Waals surface area contributed by atoms with Gasteiger partial charge >= 0.3 is 0 Å². The molecule has 2 atom stereocenters. The van der Waals surface area contributed by atoms with E-state index < -0.39 is 0 Å². The van der Waals surface area contributed by atoms with Gasteiger partial charge in [-0.1, -0.05) is 19.1 Å². The van der Waals surface area contributed by atoms with Gasteiger partial charge in [-0.15, -0.1) is 0 Å². The number of aryl methyl sites for hydroxylation is 1. The quantitative estimate of drug-likeness (QED) is 0.847. The average molecular weight is 247 g/mol. The maximum Gasteiger partial charge on any atom is 0.110 e. The minimum absolute atomic E-state index is 0.0364. The second-order valence-electron chi connectivity index (χ2n) is 4.75. The normalized spacial score (nSPS) is 14.9. The lowest BCUT2D eigenvalue weighted by Crippen LogP contribution is -2.32. The molecule has 0 fully saturated rings. The van der Waals surface area contributed by atoms with E-state index in [2.05, 4.69) is 16.5 Å². The Kier molecular flexibility index (Phi) is 3.99. The fraction of sp³-hybridized carbons (Fsp3) is 0.500.